The van der Waals surface area contributed by atoms with Gasteiger partial charge in [0, 0.05) is 11.3 Å². The van der Waals surface area contributed by atoms with Crippen LogP contribution in [0, 0.1) is 29.1 Å². The molecule has 34 heavy (non-hydrogen) atoms. The maximum atomic E-state index is 13.9. The van der Waals surface area contributed by atoms with Crippen molar-refractivity contribution in [2.24, 2.45) is 15.9 Å². The molecule has 0 spiro atoms. The normalized spacial score (nSPS) is 11.8. The van der Waals surface area contributed by atoms with Gasteiger partial charge >= 0.3 is 0 Å². The molecule has 5 nitrogen and oxygen atoms in total. The number of hydrogen-bond donors (Lipinski definition) is 1. The summed E-state index contributed by atoms with van der Waals surface area (Å²) in [5.41, 5.74) is 7.68. The van der Waals surface area contributed by atoms with Gasteiger partial charge in [0.2, 0.25) is 29.1 Å². The van der Waals surface area contributed by atoms with Crippen molar-refractivity contribution in [2.45, 2.75) is 12.4 Å². The summed E-state index contributed by atoms with van der Waals surface area (Å²) in [6.07, 6.45) is 1.37. The Morgan fingerprint density at radius 2 is 1.59 bits per heavy atom. The van der Waals surface area contributed by atoms with E-state index in [1.807, 2.05) is 30.3 Å². The predicted octanol–water partition coefficient (Wildman–Crippen LogP) is 5.55. The van der Waals surface area contributed by atoms with E-state index in [1.165, 1.54) is 37.2 Å². The first-order valence-corrected chi connectivity index (χ1v) is 10.6. The number of thioether (sulfide) groups is 1. The summed E-state index contributed by atoms with van der Waals surface area (Å²) >= 11 is 1.30. The van der Waals surface area contributed by atoms with Crippen LogP contribution in [0.3, 0.4) is 0 Å². The van der Waals surface area contributed by atoms with Crippen molar-refractivity contribution in [3.05, 3.63) is 94.3 Å². The minimum absolute atomic E-state index is 0.239. The van der Waals surface area contributed by atoms with Gasteiger partial charge in [-0.05, 0) is 29.3 Å². The Labute approximate surface area is 196 Å². The molecular formula is C23H18F5N3O2S. The third kappa shape index (κ3) is 6.04. The van der Waals surface area contributed by atoms with Gasteiger partial charge < -0.3 is 15.2 Å². The van der Waals surface area contributed by atoms with Crippen molar-refractivity contribution in [3.8, 4) is 11.5 Å². The first-order valence-electron chi connectivity index (χ1n) is 9.66. The summed E-state index contributed by atoms with van der Waals surface area (Å²) in [5.74, 6) is -11.1. The molecule has 2 N–H and O–H groups in total. The van der Waals surface area contributed by atoms with E-state index in [9.17, 15) is 22.0 Å². The number of nitrogens with zero attached hydrogens (tertiary/aromatic N) is 2. The van der Waals surface area contributed by atoms with Gasteiger partial charge in [0.1, 0.15) is 12.4 Å². The number of benzene rings is 3. The van der Waals surface area contributed by atoms with Gasteiger partial charge in [-0.15, -0.1) is 5.10 Å². The topological polar surface area (TPSA) is 69.2 Å². The lowest BCUT2D eigenvalue weighted by Gasteiger charge is -2.13. The zero-order chi connectivity index (χ0) is 24.7. The molecule has 0 unspecified atom stereocenters. The molecule has 0 amide bonds. The average molecular weight is 495 g/mol. The van der Waals surface area contributed by atoms with Crippen molar-refractivity contribution in [2.75, 3.05) is 7.11 Å². The second-order valence-corrected chi connectivity index (χ2v) is 7.71. The highest BCUT2D eigenvalue weighted by Gasteiger charge is 2.27. The maximum absolute atomic E-state index is 13.9. The monoisotopic (exact) mass is 495 g/mol. The molecule has 0 aliphatic rings. The molecule has 0 saturated carbocycles. The van der Waals surface area contributed by atoms with E-state index >= 15 is 0 Å². The number of ether oxygens (including phenoxy) is 2. The fourth-order valence-corrected chi connectivity index (χ4v) is 3.38. The highest BCUT2D eigenvalue weighted by Crippen LogP contribution is 2.30. The fraction of sp³-hybridized carbons (Fsp3) is 0.130. The molecule has 0 fully saturated rings. The maximum Gasteiger partial charge on any atom is 0.207 e. The van der Waals surface area contributed by atoms with Gasteiger partial charge in [0.25, 0.3) is 0 Å². The lowest BCUT2D eigenvalue weighted by atomic mass is 10.1. The highest BCUT2D eigenvalue weighted by atomic mass is 32.2. The van der Waals surface area contributed by atoms with E-state index in [0.717, 1.165) is 5.56 Å². The summed E-state index contributed by atoms with van der Waals surface area (Å²) in [5, 5.41) is 8.04. The molecule has 11 heteroatoms. The summed E-state index contributed by atoms with van der Waals surface area (Å²) in [4.78, 5) is 0. The van der Waals surface area contributed by atoms with Crippen molar-refractivity contribution in [1.82, 2.24) is 0 Å². The molecule has 0 heterocycles. The molecule has 0 atom stereocenters. The first-order chi connectivity index (χ1) is 16.3. The summed E-state index contributed by atoms with van der Waals surface area (Å²) in [7, 11) is 1.35. The van der Waals surface area contributed by atoms with E-state index in [2.05, 4.69) is 10.2 Å². The van der Waals surface area contributed by atoms with E-state index in [-0.39, 0.29) is 16.5 Å². The second kappa shape index (κ2) is 11.5. The SMILES string of the molecule is COc1ccc(C=NN=C(N)SCc2ccccc2)cc1COc1c(F)c(F)c(F)c(F)c1F. The quantitative estimate of drug-likeness (QED) is 0.111. The molecule has 0 aromatic heterocycles. The van der Waals surface area contributed by atoms with Crippen LogP contribution in [-0.4, -0.2) is 18.5 Å². The third-order valence-electron chi connectivity index (χ3n) is 4.44. The Morgan fingerprint density at radius 1 is 0.941 bits per heavy atom. The Hall–Kier alpha value is -3.60. The smallest absolute Gasteiger partial charge is 0.207 e. The van der Waals surface area contributed by atoms with E-state index in [0.29, 0.717) is 11.3 Å². The summed E-state index contributed by atoms with van der Waals surface area (Å²) < 4.78 is 77.8. The molecule has 0 radical (unpaired) electrons. The lowest BCUT2D eigenvalue weighted by molar-refractivity contribution is 0.249. The van der Waals surface area contributed by atoms with Crippen LogP contribution in [0.5, 0.6) is 11.5 Å². The Morgan fingerprint density at radius 3 is 2.24 bits per heavy atom. The van der Waals surface area contributed by atoms with Crippen LogP contribution in [-0.2, 0) is 12.4 Å². The van der Waals surface area contributed by atoms with Gasteiger partial charge in [-0.1, -0.05) is 42.1 Å². The molecule has 3 rings (SSSR count). The van der Waals surface area contributed by atoms with Gasteiger partial charge in [-0.25, -0.2) is 13.2 Å². The zero-order valence-electron chi connectivity index (χ0n) is 17.7. The third-order valence-corrected chi connectivity index (χ3v) is 5.29. The van der Waals surface area contributed by atoms with E-state index in [1.54, 1.807) is 6.07 Å². The van der Waals surface area contributed by atoms with Gasteiger partial charge in [0.05, 0.1) is 13.3 Å². The molecule has 178 valence electrons. The number of halogens is 5. The molecule has 3 aromatic carbocycles. The van der Waals surface area contributed by atoms with E-state index < -0.39 is 41.4 Å². The van der Waals surface area contributed by atoms with Crippen LogP contribution < -0.4 is 15.2 Å². The van der Waals surface area contributed by atoms with E-state index in [4.69, 9.17) is 15.2 Å². The molecule has 0 aliphatic heterocycles. The van der Waals surface area contributed by atoms with Gasteiger partial charge in [0.15, 0.2) is 10.9 Å². The van der Waals surface area contributed by atoms with Crippen molar-refractivity contribution >= 4 is 23.1 Å². The molecule has 0 aliphatic carbocycles. The number of rotatable bonds is 8. The van der Waals surface area contributed by atoms with Crippen LogP contribution in [0.25, 0.3) is 0 Å². The minimum Gasteiger partial charge on any atom is -0.496 e. The van der Waals surface area contributed by atoms with Crippen LogP contribution in [0.1, 0.15) is 16.7 Å². The van der Waals surface area contributed by atoms with Crippen LogP contribution in [0.2, 0.25) is 0 Å². The summed E-state index contributed by atoms with van der Waals surface area (Å²) in [6, 6.07) is 14.3. The zero-order valence-corrected chi connectivity index (χ0v) is 18.5. The molecular weight excluding hydrogens is 477 g/mol. The number of amidine groups is 1. The number of methoxy groups -OCH3 is 1. The first kappa shape index (κ1) is 25.0. The van der Waals surface area contributed by atoms with Crippen LogP contribution >= 0.6 is 11.8 Å². The largest absolute Gasteiger partial charge is 0.496 e. The van der Waals surface area contributed by atoms with Crippen LogP contribution in [0.4, 0.5) is 22.0 Å². The molecule has 0 saturated heterocycles. The standard InChI is InChI=1S/C23H18F5N3O2S/c1-32-16-8-7-14(10-30-31-23(29)34-12-13-5-3-2-4-6-13)9-15(16)11-33-22-20(27)18(25)17(24)19(26)21(22)28/h2-10H,11-12H2,1H3,(H2,29,31). The molecule has 0 bridgehead atoms. The van der Waals surface area contributed by atoms with Crippen LogP contribution in [0.15, 0.2) is 58.7 Å². The lowest BCUT2D eigenvalue weighted by Crippen LogP contribution is -2.08. The van der Waals surface area contributed by atoms with Gasteiger partial charge in [-0.2, -0.15) is 13.9 Å². The van der Waals surface area contributed by atoms with Gasteiger partial charge in [-0.3, -0.25) is 0 Å². The fourth-order valence-electron chi connectivity index (χ4n) is 2.77. The molecule has 3 aromatic rings. The number of hydrogen-bond acceptors (Lipinski definition) is 5. The summed E-state index contributed by atoms with van der Waals surface area (Å²) in [6.45, 7) is -0.540. The van der Waals surface area contributed by atoms with Crippen molar-refractivity contribution in [1.29, 1.82) is 0 Å². The Kier molecular flexibility index (Phi) is 8.47. The van der Waals surface area contributed by atoms with Crippen molar-refractivity contribution < 1.29 is 31.4 Å². The average Bonchev–Trinajstić information content (AvgIpc) is 2.86. The Bertz CT molecular complexity index is 1190. The minimum atomic E-state index is -2.26. The second-order valence-electron chi connectivity index (χ2n) is 6.72. The number of nitrogens with two attached hydrogens (primary N) is 1. The highest BCUT2D eigenvalue weighted by molar-refractivity contribution is 8.13. The Balaban J connectivity index is 1.71. The van der Waals surface area contributed by atoms with Crippen molar-refractivity contribution in [3.63, 3.8) is 0 Å². The predicted molar refractivity (Wildman–Crippen MR) is 121 cm³/mol.